The molecule has 3 N–H and O–H groups in total. The summed E-state index contributed by atoms with van der Waals surface area (Å²) in [4.78, 5) is 25.1. The minimum Gasteiger partial charge on any atom is -0.478 e. The lowest BCUT2D eigenvalue weighted by atomic mass is 9.67. The highest BCUT2D eigenvalue weighted by molar-refractivity contribution is 5.97. The molecule has 3 aliphatic rings. The first kappa shape index (κ1) is 20.9. The van der Waals surface area contributed by atoms with Crippen molar-refractivity contribution in [3.63, 3.8) is 0 Å². The van der Waals surface area contributed by atoms with Gasteiger partial charge in [-0.2, -0.15) is 0 Å². The summed E-state index contributed by atoms with van der Waals surface area (Å²) in [6.45, 7) is 5.67. The molecule has 2 heterocycles. The zero-order valence-electron chi connectivity index (χ0n) is 16.5. The van der Waals surface area contributed by atoms with Crippen LogP contribution in [0.3, 0.4) is 0 Å². The zero-order valence-corrected chi connectivity index (χ0v) is 17.4. The number of rotatable bonds is 4. The number of carbonyl (C=O) groups is 2. The van der Waals surface area contributed by atoms with Crippen molar-refractivity contribution in [1.82, 2.24) is 10.6 Å². The van der Waals surface area contributed by atoms with E-state index < -0.39 is 6.10 Å². The van der Waals surface area contributed by atoms with Crippen LogP contribution in [0.5, 0.6) is 5.75 Å². The standard InChI is InChI=1S/C21H29N3O3.ClH/c1-3-17-19(25)24-16-8-7-14(10-18(16)27-17)13(2)23-20(26)21-9-5-4-6-15(21)11-22-12-21;/h7-8,10,13,15,17,22H,3-6,9,11-12H2,1-2H3,(H,23,26)(H,24,25);1H/t13?,15-,17?,21+;/m0./s1. The van der Waals surface area contributed by atoms with Gasteiger partial charge in [0.15, 0.2) is 6.10 Å². The first-order valence-electron chi connectivity index (χ1n) is 10.2. The molecular weight excluding hydrogens is 378 g/mol. The number of nitrogens with one attached hydrogen (secondary N) is 3. The molecule has 0 aromatic heterocycles. The van der Waals surface area contributed by atoms with Crippen molar-refractivity contribution in [3.8, 4) is 5.75 Å². The van der Waals surface area contributed by atoms with Crippen LogP contribution >= 0.6 is 12.4 Å². The van der Waals surface area contributed by atoms with Crippen molar-refractivity contribution < 1.29 is 14.3 Å². The van der Waals surface area contributed by atoms with Gasteiger partial charge in [0.1, 0.15) is 5.75 Å². The summed E-state index contributed by atoms with van der Waals surface area (Å²) >= 11 is 0. The Morgan fingerprint density at radius 3 is 3.00 bits per heavy atom. The Labute approximate surface area is 172 Å². The van der Waals surface area contributed by atoms with Gasteiger partial charge in [-0.1, -0.05) is 25.8 Å². The van der Waals surface area contributed by atoms with Crippen LogP contribution in [-0.2, 0) is 9.59 Å². The topological polar surface area (TPSA) is 79.5 Å². The molecule has 2 amide bonds. The lowest BCUT2D eigenvalue weighted by Gasteiger charge is -2.38. The maximum atomic E-state index is 13.2. The monoisotopic (exact) mass is 407 g/mol. The molecule has 0 bridgehead atoms. The Morgan fingerprint density at radius 2 is 2.21 bits per heavy atom. The molecule has 28 heavy (non-hydrogen) atoms. The van der Waals surface area contributed by atoms with Gasteiger partial charge in [0.05, 0.1) is 17.1 Å². The number of ether oxygens (including phenoxy) is 1. The van der Waals surface area contributed by atoms with Gasteiger partial charge in [-0.15, -0.1) is 12.4 Å². The van der Waals surface area contributed by atoms with Crippen LogP contribution in [0.15, 0.2) is 18.2 Å². The third kappa shape index (κ3) is 3.60. The quantitative estimate of drug-likeness (QED) is 0.716. The van der Waals surface area contributed by atoms with Gasteiger partial charge in [0, 0.05) is 6.54 Å². The molecule has 1 aliphatic carbocycles. The summed E-state index contributed by atoms with van der Waals surface area (Å²) < 4.78 is 5.84. The second-order valence-electron chi connectivity index (χ2n) is 8.18. The average molecular weight is 408 g/mol. The molecule has 2 unspecified atom stereocenters. The Balaban J connectivity index is 0.00000225. The van der Waals surface area contributed by atoms with Gasteiger partial charge in [0.2, 0.25) is 5.91 Å². The SMILES string of the molecule is CCC1Oc2cc(C(C)NC(=O)[C@@]34CCCC[C@H]3CNC4)ccc2NC1=O.Cl. The van der Waals surface area contributed by atoms with Crippen molar-refractivity contribution in [3.05, 3.63) is 23.8 Å². The molecule has 4 rings (SSSR count). The van der Waals surface area contributed by atoms with Gasteiger partial charge in [0.25, 0.3) is 5.91 Å². The van der Waals surface area contributed by atoms with Gasteiger partial charge in [-0.3, -0.25) is 9.59 Å². The number of amides is 2. The van der Waals surface area contributed by atoms with Gasteiger partial charge in [-0.05, 0) is 56.3 Å². The minimum absolute atomic E-state index is 0. The van der Waals surface area contributed by atoms with E-state index in [0.29, 0.717) is 23.8 Å². The molecule has 0 radical (unpaired) electrons. The van der Waals surface area contributed by atoms with Crippen LogP contribution in [0.1, 0.15) is 57.6 Å². The Morgan fingerprint density at radius 1 is 1.39 bits per heavy atom. The molecule has 2 aliphatic heterocycles. The molecule has 4 atom stereocenters. The molecular formula is C21H30ClN3O3. The largest absolute Gasteiger partial charge is 0.478 e. The van der Waals surface area contributed by atoms with Crippen LogP contribution in [-0.4, -0.2) is 31.0 Å². The van der Waals surface area contributed by atoms with E-state index in [0.717, 1.165) is 37.9 Å². The fraction of sp³-hybridized carbons (Fsp3) is 0.619. The van der Waals surface area contributed by atoms with Crippen LogP contribution in [0.4, 0.5) is 5.69 Å². The smallest absolute Gasteiger partial charge is 0.265 e. The van der Waals surface area contributed by atoms with Gasteiger partial charge < -0.3 is 20.7 Å². The van der Waals surface area contributed by atoms with E-state index >= 15 is 0 Å². The van der Waals surface area contributed by atoms with Crippen molar-refractivity contribution in [2.45, 2.75) is 58.1 Å². The Hall–Kier alpha value is -1.79. The fourth-order valence-electron chi connectivity index (χ4n) is 4.81. The number of anilines is 1. The van der Waals surface area contributed by atoms with Crippen molar-refractivity contribution in [2.24, 2.45) is 11.3 Å². The summed E-state index contributed by atoms with van der Waals surface area (Å²) in [7, 11) is 0. The van der Waals surface area contributed by atoms with E-state index in [1.165, 1.54) is 6.42 Å². The van der Waals surface area contributed by atoms with E-state index in [-0.39, 0.29) is 35.7 Å². The molecule has 7 heteroatoms. The maximum absolute atomic E-state index is 13.2. The van der Waals surface area contributed by atoms with Crippen molar-refractivity contribution in [1.29, 1.82) is 0 Å². The molecule has 6 nitrogen and oxygen atoms in total. The molecule has 2 fully saturated rings. The molecule has 1 aromatic carbocycles. The zero-order chi connectivity index (χ0) is 19.0. The molecule has 154 valence electrons. The highest BCUT2D eigenvalue weighted by atomic mass is 35.5. The molecule has 1 aromatic rings. The number of fused-ring (bicyclic) bond motifs is 2. The van der Waals surface area contributed by atoms with E-state index in [1.54, 1.807) is 0 Å². The summed E-state index contributed by atoms with van der Waals surface area (Å²) in [6, 6.07) is 5.63. The second kappa shape index (κ2) is 8.29. The molecule has 1 saturated carbocycles. The second-order valence-corrected chi connectivity index (χ2v) is 8.18. The fourth-order valence-corrected chi connectivity index (χ4v) is 4.81. The van der Waals surface area contributed by atoms with Gasteiger partial charge >= 0.3 is 0 Å². The van der Waals surface area contributed by atoms with E-state index in [4.69, 9.17) is 4.74 Å². The third-order valence-electron chi connectivity index (χ3n) is 6.53. The predicted octanol–water partition coefficient (Wildman–Crippen LogP) is 3.17. The summed E-state index contributed by atoms with van der Waals surface area (Å²) in [5.41, 5.74) is 1.43. The van der Waals surface area contributed by atoms with Crippen LogP contribution in [0.2, 0.25) is 0 Å². The number of halogens is 1. The van der Waals surface area contributed by atoms with Crippen molar-refractivity contribution in [2.75, 3.05) is 18.4 Å². The van der Waals surface area contributed by atoms with Crippen LogP contribution < -0.4 is 20.7 Å². The van der Waals surface area contributed by atoms with Crippen LogP contribution in [0.25, 0.3) is 0 Å². The first-order chi connectivity index (χ1) is 13.0. The number of hydrogen-bond acceptors (Lipinski definition) is 4. The Bertz CT molecular complexity index is 756. The van der Waals surface area contributed by atoms with Crippen LogP contribution in [0, 0.1) is 11.3 Å². The highest BCUT2D eigenvalue weighted by Crippen LogP contribution is 2.44. The number of benzene rings is 1. The summed E-state index contributed by atoms with van der Waals surface area (Å²) in [6.07, 6.45) is 4.64. The average Bonchev–Trinajstić information content (AvgIpc) is 3.12. The lowest BCUT2D eigenvalue weighted by molar-refractivity contribution is -0.134. The molecule has 1 saturated heterocycles. The minimum atomic E-state index is -0.455. The third-order valence-corrected chi connectivity index (χ3v) is 6.53. The lowest BCUT2D eigenvalue weighted by Crippen LogP contribution is -2.48. The maximum Gasteiger partial charge on any atom is 0.265 e. The number of hydrogen-bond donors (Lipinski definition) is 3. The molecule has 0 spiro atoms. The number of carbonyl (C=O) groups excluding carboxylic acids is 2. The van der Waals surface area contributed by atoms with Gasteiger partial charge in [-0.25, -0.2) is 0 Å². The summed E-state index contributed by atoms with van der Waals surface area (Å²) in [5, 5.41) is 9.57. The normalized spacial score (nSPS) is 29.4. The Kier molecular flexibility index (Phi) is 6.20. The summed E-state index contributed by atoms with van der Waals surface area (Å²) in [5.74, 6) is 1.19. The van der Waals surface area contributed by atoms with E-state index in [9.17, 15) is 9.59 Å². The van der Waals surface area contributed by atoms with Crippen molar-refractivity contribution >= 4 is 29.9 Å². The highest BCUT2D eigenvalue weighted by Gasteiger charge is 2.50. The first-order valence-corrected chi connectivity index (χ1v) is 10.2. The van der Waals surface area contributed by atoms with E-state index in [2.05, 4.69) is 16.0 Å². The predicted molar refractivity (Wildman–Crippen MR) is 111 cm³/mol. The van der Waals surface area contributed by atoms with E-state index in [1.807, 2.05) is 32.0 Å².